The molecule has 1 aromatic heterocycles. The predicted molar refractivity (Wildman–Crippen MR) is 109 cm³/mol. The van der Waals surface area contributed by atoms with Crippen molar-refractivity contribution >= 4 is 49.7 Å². The number of aromatic nitrogens is 1. The van der Waals surface area contributed by atoms with Gasteiger partial charge in [0.25, 0.3) is 10.0 Å². The molecule has 0 unspecified atom stereocenters. The molecule has 146 valence electrons. The van der Waals surface area contributed by atoms with Crippen molar-refractivity contribution in [3.8, 4) is 11.5 Å². The van der Waals surface area contributed by atoms with Crippen LogP contribution in [0.5, 0.6) is 11.5 Å². The summed E-state index contributed by atoms with van der Waals surface area (Å²) in [6, 6.07) is 9.77. The summed E-state index contributed by atoms with van der Waals surface area (Å²) < 4.78 is 39.3. The van der Waals surface area contributed by atoms with E-state index < -0.39 is 10.0 Å². The van der Waals surface area contributed by atoms with Crippen LogP contribution in [-0.4, -0.2) is 20.0 Å². The highest BCUT2D eigenvalue weighted by atomic mass is 35.5. The van der Waals surface area contributed by atoms with Gasteiger partial charge in [0, 0.05) is 35.7 Å². The Morgan fingerprint density at radius 2 is 2.04 bits per heavy atom. The molecule has 2 aromatic carbocycles. The number of ether oxygens (including phenoxy) is 2. The molecule has 0 amide bonds. The molecule has 0 radical (unpaired) electrons. The van der Waals surface area contributed by atoms with E-state index in [0.717, 1.165) is 5.56 Å². The molecular weight excluding hydrogens is 443 g/mol. The standard InChI is InChI=1S/C18H14Cl2N2O4S2/c19-14-4-1-11(9-15(14)20)26-16-5-7-25-17-10-12(2-3-13(16)17)28(23,24)22-18-21-6-8-27-18/h1-4,6,8-10,16H,5,7H2,(H,21,22)/t16-/m1/s1. The molecule has 0 saturated carbocycles. The van der Waals surface area contributed by atoms with Crippen molar-refractivity contribution in [1.82, 2.24) is 4.98 Å². The van der Waals surface area contributed by atoms with Crippen LogP contribution in [-0.2, 0) is 10.0 Å². The maximum Gasteiger partial charge on any atom is 0.263 e. The number of hydrogen-bond donors (Lipinski definition) is 1. The topological polar surface area (TPSA) is 77.5 Å². The summed E-state index contributed by atoms with van der Waals surface area (Å²) in [6.45, 7) is 0.405. The van der Waals surface area contributed by atoms with Gasteiger partial charge in [-0.15, -0.1) is 11.3 Å². The summed E-state index contributed by atoms with van der Waals surface area (Å²) in [5.41, 5.74) is 0.769. The summed E-state index contributed by atoms with van der Waals surface area (Å²) in [7, 11) is -3.76. The van der Waals surface area contributed by atoms with Crippen molar-refractivity contribution in [1.29, 1.82) is 0 Å². The fourth-order valence-corrected chi connectivity index (χ4v) is 4.88. The molecule has 4 rings (SSSR count). The van der Waals surface area contributed by atoms with Crippen LogP contribution < -0.4 is 14.2 Å². The summed E-state index contributed by atoms with van der Waals surface area (Å²) in [6.07, 6.45) is 1.87. The number of benzene rings is 2. The van der Waals surface area contributed by atoms with Gasteiger partial charge in [-0.1, -0.05) is 29.3 Å². The minimum atomic E-state index is -3.76. The highest BCUT2D eigenvalue weighted by Crippen LogP contribution is 2.38. The Hall–Kier alpha value is -2.00. The summed E-state index contributed by atoms with van der Waals surface area (Å²) in [5.74, 6) is 1.05. The van der Waals surface area contributed by atoms with E-state index in [1.807, 2.05) is 0 Å². The molecule has 0 saturated heterocycles. The third kappa shape index (κ3) is 4.05. The molecule has 10 heteroatoms. The maximum atomic E-state index is 12.6. The van der Waals surface area contributed by atoms with Crippen molar-refractivity contribution in [2.75, 3.05) is 11.3 Å². The fourth-order valence-electron chi connectivity index (χ4n) is 2.79. The van der Waals surface area contributed by atoms with E-state index >= 15 is 0 Å². The zero-order valence-corrected chi connectivity index (χ0v) is 17.4. The minimum Gasteiger partial charge on any atom is -0.493 e. The van der Waals surface area contributed by atoms with Gasteiger partial charge < -0.3 is 9.47 Å². The zero-order valence-electron chi connectivity index (χ0n) is 14.3. The van der Waals surface area contributed by atoms with Crippen molar-refractivity contribution in [3.63, 3.8) is 0 Å². The van der Waals surface area contributed by atoms with Crippen LogP contribution in [0.1, 0.15) is 18.1 Å². The Kier molecular flexibility index (Phi) is 5.37. The summed E-state index contributed by atoms with van der Waals surface area (Å²) in [4.78, 5) is 4.04. The molecule has 1 aliphatic rings. The van der Waals surface area contributed by atoms with E-state index in [-0.39, 0.29) is 11.0 Å². The van der Waals surface area contributed by atoms with Crippen LogP contribution >= 0.6 is 34.5 Å². The largest absolute Gasteiger partial charge is 0.493 e. The molecule has 0 fully saturated rings. The normalized spacial score (nSPS) is 16.1. The maximum absolute atomic E-state index is 12.6. The number of fused-ring (bicyclic) bond motifs is 1. The lowest BCUT2D eigenvalue weighted by molar-refractivity contribution is 0.136. The number of halogens is 2. The van der Waals surface area contributed by atoms with E-state index in [1.54, 1.807) is 29.6 Å². The quantitative estimate of drug-likeness (QED) is 0.573. The highest BCUT2D eigenvalue weighted by Gasteiger charge is 2.26. The highest BCUT2D eigenvalue weighted by molar-refractivity contribution is 7.93. The molecule has 1 aliphatic heterocycles. The molecular formula is C18H14Cl2N2O4S2. The van der Waals surface area contributed by atoms with Crippen LogP contribution in [0.15, 0.2) is 52.9 Å². The second-order valence-corrected chi connectivity index (χ2v) is 9.35. The lowest BCUT2D eigenvalue weighted by atomic mass is 10.0. The van der Waals surface area contributed by atoms with Crippen molar-refractivity contribution < 1.29 is 17.9 Å². The van der Waals surface area contributed by atoms with Gasteiger partial charge in [-0.05, 0) is 18.2 Å². The van der Waals surface area contributed by atoms with Crippen LogP contribution in [0.4, 0.5) is 5.13 Å². The average molecular weight is 457 g/mol. The molecule has 2 heterocycles. The smallest absolute Gasteiger partial charge is 0.263 e. The number of hydrogen-bond acceptors (Lipinski definition) is 6. The Morgan fingerprint density at radius 1 is 1.18 bits per heavy atom. The molecule has 1 N–H and O–H groups in total. The SMILES string of the molecule is O=S(=O)(Nc1nccs1)c1ccc2c(c1)OCC[C@H]2Oc1ccc(Cl)c(Cl)c1. The zero-order chi connectivity index (χ0) is 19.7. The van der Waals surface area contributed by atoms with E-state index in [9.17, 15) is 8.42 Å². The summed E-state index contributed by atoms with van der Waals surface area (Å²) >= 11 is 13.2. The minimum absolute atomic E-state index is 0.0941. The van der Waals surface area contributed by atoms with E-state index in [0.29, 0.717) is 39.7 Å². The van der Waals surface area contributed by atoms with Crippen LogP contribution in [0, 0.1) is 0 Å². The predicted octanol–water partition coefficient (Wildman–Crippen LogP) is 5.15. The van der Waals surface area contributed by atoms with E-state index in [2.05, 4.69) is 9.71 Å². The first kappa shape index (κ1) is 19.3. The Balaban J connectivity index is 1.59. The molecule has 0 bridgehead atoms. The van der Waals surface area contributed by atoms with Gasteiger partial charge in [0.2, 0.25) is 0 Å². The van der Waals surface area contributed by atoms with Crippen LogP contribution in [0.25, 0.3) is 0 Å². The first-order valence-electron chi connectivity index (χ1n) is 8.23. The average Bonchev–Trinajstić information content (AvgIpc) is 3.17. The van der Waals surface area contributed by atoms with E-state index in [1.165, 1.54) is 29.7 Å². The monoisotopic (exact) mass is 456 g/mol. The third-order valence-corrected chi connectivity index (χ3v) is 7.00. The second-order valence-electron chi connectivity index (χ2n) is 5.96. The van der Waals surface area contributed by atoms with Crippen LogP contribution in [0.3, 0.4) is 0 Å². The number of thiazole rings is 1. The first-order valence-corrected chi connectivity index (χ1v) is 11.3. The number of anilines is 1. The van der Waals surface area contributed by atoms with Gasteiger partial charge in [-0.3, -0.25) is 4.72 Å². The van der Waals surface area contributed by atoms with Crippen LogP contribution in [0.2, 0.25) is 10.0 Å². The Morgan fingerprint density at radius 3 is 2.79 bits per heavy atom. The fraction of sp³-hybridized carbons (Fsp3) is 0.167. The van der Waals surface area contributed by atoms with Gasteiger partial charge >= 0.3 is 0 Å². The lowest BCUT2D eigenvalue weighted by Gasteiger charge is -2.27. The molecule has 28 heavy (non-hydrogen) atoms. The van der Waals surface area contributed by atoms with Gasteiger partial charge in [0.15, 0.2) is 5.13 Å². The number of rotatable bonds is 5. The van der Waals surface area contributed by atoms with Gasteiger partial charge in [0.1, 0.15) is 17.6 Å². The first-order chi connectivity index (χ1) is 13.4. The molecule has 6 nitrogen and oxygen atoms in total. The molecule has 0 spiro atoms. The van der Waals surface area contributed by atoms with Crippen molar-refractivity contribution in [2.45, 2.75) is 17.4 Å². The van der Waals surface area contributed by atoms with Gasteiger partial charge in [-0.2, -0.15) is 0 Å². The molecule has 1 atom stereocenters. The molecule has 0 aliphatic carbocycles. The lowest BCUT2D eigenvalue weighted by Crippen LogP contribution is -2.20. The number of nitrogens with one attached hydrogen (secondary N) is 1. The summed E-state index contributed by atoms with van der Waals surface area (Å²) in [5, 5.41) is 2.85. The Labute approximate surface area is 176 Å². The van der Waals surface area contributed by atoms with Gasteiger partial charge in [-0.25, -0.2) is 13.4 Å². The van der Waals surface area contributed by atoms with Crippen molar-refractivity contribution in [3.05, 3.63) is 63.6 Å². The van der Waals surface area contributed by atoms with Crippen molar-refractivity contribution in [2.24, 2.45) is 0 Å². The Bertz CT molecular complexity index is 1100. The number of sulfonamides is 1. The molecule has 3 aromatic rings. The third-order valence-electron chi connectivity index (χ3n) is 4.10. The van der Waals surface area contributed by atoms with E-state index in [4.69, 9.17) is 32.7 Å². The van der Waals surface area contributed by atoms with Gasteiger partial charge in [0.05, 0.1) is 21.5 Å². The number of nitrogens with zero attached hydrogens (tertiary/aromatic N) is 1. The second kappa shape index (κ2) is 7.79.